The fourth-order valence-corrected chi connectivity index (χ4v) is 0.370. The predicted octanol–water partition coefficient (Wildman–Crippen LogP) is 1.33. The molecule has 0 aliphatic carbocycles. The molecule has 1 atom stereocenters. The molecule has 5 heavy (non-hydrogen) atoms. The Morgan fingerprint density at radius 3 is 2.20 bits per heavy atom. The van der Waals surface area contributed by atoms with Crippen LogP contribution in [0, 0.1) is 6.92 Å². The SMILES string of the molecule is [CH2+]C1(C)CS1. The van der Waals surface area contributed by atoms with Crippen LogP contribution in [0.5, 0.6) is 0 Å². The highest BCUT2D eigenvalue weighted by atomic mass is 32.2. The lowest BCUT2D eigenvalue weighted by atomic mass is 10.3. The van der Waals surface area contributed by atoms with Crippen LogP contribution in [0.25, 0.3) is 0 Å². The maximum Gasteiger partial charge on any atom is 0.157 e. The van der Waals surface area contributed by atoms with Gasteiger partial charge in [-0.1, -0.05) is 0 Å². The summed E-state index contributed by atoms with van der Waals surface area (Å²) in [6.45, 7) is 6.00. The van der Waals surface area contributed by atoms with Crippen molar-refractivity contribution in [3.8, 4) is 0 Å². The molecular formula is C4H7S+. The van der Waals surface area contributed by atoms with E-state index in [0.717, 1.165) is 0 Å². The van der Waals surface area contributed by atoms with Crippen LogP contribution in [0.4, 0.5) is 0 Å². The molecule has 0 bridgehead atoms. The molecular weight excluding hydrogens is 80.1 g/mol. The third-order valence-electron chi connectivity index (χ3n) is 0.637. The van der Waals surface area contributed by atoms with E-state index in [1.165, 1.54) is 5.75 Å². The molecule has 0 aromatic heterocycles. The van der Waals surface area contributed by atoms with Crippen molar-refractivity contribution in [1.82, 2.24) is 0 Å². The average Bonchev–Trinajstić information content (AvgIpc) is 1.76. The molecule has 1 rings (SSSR count). The van der Waals surface area contributed by atoms with E-state index in [9.17, 15) is 0 Å². The lowest BCUT2D eigenvalue weighted by Crippen LogP contribution is -1.88. The lowest BCUT2D eigenvalue weighted by molar-refractivity contribution is 1.01. The molecule has 1 heterocycles. The molecule has 0 amide bonds. The van der Waals surface area contributed by atoms with Crippen LogP contribution in [0.1, 0.15) is 6.92 Å². The van der Waals surface area contributed by atoms with E-state index in [2.05, 4.69) is 13.8 Å². The molecule has 28 valence electrons. The first-order chi connectivity index (χ1) is 2.21. The number of thioether (sulfide) groups is 1. The average molecular weight is 87.2 g/mol. The van der Waals surface area contributed by atoms with Gasteiger partial charge < -0.3 is 0 Å². The van der Waals surface area contributed by atoms with Gasteiger partial charge in [-0.15, -0.1) is 11.8 Å². The van der Waals surface area contributed by atoms with E-state index in [1.54, 1.807) is 0 Å². The van der Waals surface area contributed by atoms with Gasteiger partial charge >= 0.3 is 0 Å². The number of hydrogen-bond donors (Lipinski definition) is 0. The summed E-state index contributed by atoms with van der Waals surface area (Å²) in [5.41, 5.74) is 0. The molecule has 1 unspecified atom stereocenters. The Morgan fingerprint density at radius 1 is 2.00 bits per heavy atom. The zero-order valence-corrected chi connectivity index (χ0v) is 4.14. The van der Waals surface area contributed by atoms with E-state index < -0.39 is 0 Å². The van der Waals surface area contributed by atoms with Crippen LogP contribution in [0.15, 0.2) is 0 Å². The second kappa shape index (κ2) is 0.648. The van der Waals surface area contributed by atoms with Crippen molar-refractivity contribution in [3.63, 3.8) is 0 Å². The minimum absolute atomic E-state index is 0.417. The molecule has 1 aliphatic heterocycles. The fraction of sp³-hybridized carbons (Fsp3) is 0.750. The summed E-state index contributed by atoms with van der Waals surface area (Å²) < 4.78 is 0.417. The van der Waals surface area contributed by atoms with Gasteiger partial charge in [0.1, 0.15) is 0 Å². The third-order valence-corrected chi connectivity index (χ3v) is 1.91. The maximum absolute atomic E-state index is 3.84. The summed E-state index contributed by atoms with van der Waals surface area (Å²) in [4.78, 5) is 0. The van der Waals surface area contributed by atoms with Crippen molar-refractivity contribution in [3.05, 3.63) is 6.92 Å². The molecule has 0 radical (unpaired) electrons. The van der Waals surface area contributed by atoms with Gasteiger partial charge in [0.15, 0.2) is 4.75 Å². The van der Waals surface area contributed by atoms with Crippen molar-refractivity contribution < 1.29 is 0 Å². The van der Waals surface area contributed by atoms with Crippen molar-refractivity contribution in [1.29, 1.82) is 0 Å². The van der Waals surface area contributed by atoms with E-state index in [1.807, 2.05) is 11.8 Å². The first-order valence-corrected chi connectivity index (χ1v) is 2.69. The highest BCUT2D eigenvalue weighted by molar-refractivity contribution is 8.07. The van der Waals surface area contributed by atoms with Gasteiger partial charge in [0.05, 0.1) is 12.7 Å². The Labute approximate surface area is 37.0 Å². The minimum Gasteiger partial charge on any atom is -0.101 e. The molecule has 0 N–H and O–H groups in total. The van der Waals surface area contributed by atoms with Crippen molar-refractivity contribution in [2.24, 2.45) is 0 Å². The predicted molar refractivity (Wildman–Crippen MR) is 26.2 cm³/mol. The van der Waals surface area contributed by atoms with Crippen LogP contribution in [0.3, 0.4) is 0 Å². The zero-order valence-electron chi connectivity index (χ0n) is 3.32. The first kappa shape index (κ1) is 3.41. The Bertz CT molecular complexity index is 41.6. The van der Waals surface area contributed by atoms with E-state index in [-0.39, 0.29) is 0 Å². The maximum atomic E-state index is 3.84. The molecule has 0 nitrogen and oxygen atoms in total. The highest BCUT2D eigenvalue weighted by Crippen LogP contribution is 2.42. The molecule has 0 saturated carbocycles. The zero-order chi connectivity index (χ0) is 3.91. The third kappa shape index (κ3) is 0.763. The standard InChI is InChI=1S/C4H7S/c1-4(2)3-5-4/h1,3H2,2H3/q+1. The van der Waals surface area contributed by atoms with Crippen LogP contribution >= 0.6 is 11.8 Å². The fourth-order valence-electron chi connectivity index (χ4n) is 0.123. The molecule has 0 spiro atoms. The van der Waals surface area contributed by atoms with Gasteiger partial charge in [0.2, 0.25) is 0 Å². The van der Waals surface area contributed by atoms with Crippen molar-refractivity contribution >= 4 is 11.8 Å². The summed E-state index contributed by atoms with van der Waals surface area (Å²) in [5, 5.41) is 0. The molecule has 0 aromatic rings. The number of hydrogen-bond acceptors (Lipinski definition) is 1. The Morgan fingerprint density at radius 2 is 2.20 bits per heavy atom. The Hall–Kier alpha value is 0.220. The van der Waals surface area contributed by atoms with Crippen molar-refractivity contribution in [2.45, 2.75) is 11.7 Å². The van der Waals surface area contributed by atoms with Gasteiger partial charge in [0.25, 0.3) is 0 Å². The molecule has 1 fully saturated rings. The Balaban J connectivity index is 2.38. The van der Waals surface area contributed by atoms with E-state index in [4.69, 9.17) is 0 Å². The topological polar surface area (TPSA) is 0 Å². The summed E-state index contributed by atoms with van der Waals surface area (Å²) in [6, 6.07) is 0. The van der Waals surface area contributed by atoms with Crippen LogP contribution in [-0.4, -0.2) is 10.5 Å². The summed E-state index contributed by atoms with van der Waals surface area (Å²) >= 11 is 1.91. The van der Waals surface area contributed by atoms with Gasteiger partial charge in [-0.25, -0.2) is 0 Å². The molecule has 1 saturated heterocycles. The lowest BCUT2D eigenvalue weighted by Gasteiger charge is -1.72. The summed E-state index contributed by atoms with van der Waals surface area (Å²) in [6.07, 6.45) is 0. The smallest absolute Gasteiger partial charge is 0.101 e. The largest absolute Gasteiger partial charge is 0.157 e. The highest BCUT2D eigenvalue weighted by Gasteiger charge is 2.41. The minimum atomic E-state index is 0.417. The Kier molecular flexibility index (Phi) is 0.442. The normalized spacial score (nSPS) is 49.0. The second-order valence-electron chi connectivity index (χ2n) is 1.74. The number of rotatable bonds is 0. The van der Waals surface area contributed by atoms with Crippen molar-refractivity contribution in [2.75, 3.05) is 5.75 Å². The molecule has 1 heteroatoms. The molecule has 1 aliphatic rings. The first-order valence-electron chi connectivity index (χ1n) is 1.70. The summed E-state index contributed by atoms with van der Waals surface area (Å²) in [7, 11) is 0. The second-order valence-corrected chi connectivity index (χ2v) is 3.30. The van der Waals surface area contributed by atoms with E-state index >= 15 is 0 Å². The van der Waals surface area contributed by atoms with Crippen LogP contribution in [0.2, 0.25) is 0 Å². The van der Waals surface area contributed by atoms with Crippen LogP contribution in [-0.2, 0) is 0 Å². The molecule has 0 aromatic carbocycles. The quantitative estimate of drug-likeness (QED) is 0.317. The van der Waals surface area contributed by atoms with Gasteiger partial charge in [-0.3, -0.25) is 0 Å². The van der Waals surface area contributed by atoms with Gasteiger partial charge in [-0.05, 0) is 6.92 Å². The van der Waals surface area contributed by atoms with Gasteiger partial charge in [0, 0.05) is 0 Å². The van der Waals surface area contributed by atoms with E-state index in [0.29, 0.717) is 4.75 Å². The summed E-state index contributed by atoms with van der Waals surface area (Å²) in [5.74, 6) is 1.26. The monoisotopic (exact) mass is 87.0 g/mol. The van der Waals surface area contributed by atoms with Crippen LogP contribution < -0.4 is 0 Å². The van der Waals surface area contributed by atoms with Gasteiger partial charge in [-0.2, -0.15) is 0 Å².